The highest BCUT2D eigenvalue weighted by atomic mass is 32.1. The van der Waals surface area contributed by atoms with Crippen molar-refractivity contribution in [3.8, 4) is 0 Å². The Kier molecular flexibility index (Phi) is 3.19. The van der Waals surface area contributed by atoms with Crippen LogP contribution in [0.5, 0.6) is 0 Å². The molecule has 0 radical (unpaired) electrons. The molecule has 0 aliphatic carbocycles. The molecule has 0 bridgehead atoms. The summed E-state index contributed by atoms with van der Waals surface area (Å²) in [7, 11) is 0. The molecule has 1 nitrogen and oxygen atoms in total. The minimum Gasteiger partial charge on any atom is -0.376 e. The molecule has 84 valence electrons. The standard InChI is InChI=1S/C12H11F2NS/c1-8(9-4-5-16-7-9)15-12-3-2-10(13)6-11(12)14/h2-8,15H,1H3. The van der Waals surface area contributed by atoms with Crippen molar-refractivity contribution in [1.82, 2.24) is 0 Å². The molecular weight excluding hydrogens is 228 g/mol. The Morgan fingerprint density at radius 2 is 2.06 bits per heavy atom. The third-order valence-corrected chi connectivity index (χ3v) is 3.05. The molecule has 1 aromatic carbocycles. The molecule has 2 aromatic rings. The van der Waals surface area contributed by atoms with E-state index in [2.05, 4.69) is 5.32 Å². The van der Waals surface area contributed by atoms with E-state index >= 15 is 0 Å². The van der Waals surface area contributed by atoms with E-state index in [9.17, 15) is 8.78 Å². The molecule has 0 saturated carbocycles. The van der Waals surface area contributed by atoms with E-state index in [0.29, 0.717) is 5.69 Å². The van der Waals surface area contributed by atoms with E-state index in [1.807, 2.05) is 23.8 Å². The molecule has 0 fully saturated rings. The van der Waals surface area contributed by atoms with Gasteiger partial charge in [0.05, 0.1) is 5.69 Å². The Bertz CT molecular complexity index is 468. The molecule has 4 heteroatoms. The van der Waals surface area contributed by atoms with Gasteiger partial charge in [-0.25, -0.2) is 8.78 Å². The number of hydrogen-bond acceptors (Lipinski definition) is 2. The van der Waals surface area contributed by atoms with E-state index in [1.54, 1.807) is 11.3 Å². The maximum absolute atomic E-state index is 13.4. The largest absolute Gasteiger partial charge is 0.376 e. The molecule has 0 spiro atoms. The predicted molar refractivity (Wildman–Crippen MR) is 62.7 cm³/mol. The summed E-state index contributed by atoms with van der Waals surface area (Å²) in [6, 6.07) is 5.51. The quantitative estimate of drug-likeness (QED) is 0.846. The molecule has 16 heavy (non-hydrogen) atoms. The van der Waals surface area contributed by atoms with Crippen molar-refractivity contribution in [2.24, 2.45) is 0 Å². The number of thiophene rings is 1. The lowest BCUT2D eigenvalue weighted by molar-refractivity contribution is 0.584. The van der Waals surface area contributed by atoms with Gasteiger partial charge in [-0.05, 0) is 41.4 Å². The van der Waals surface area contributed by atoms with Crippen LogP contribution in [0.2, 0.25) is 0 Å². The first-order chi connectivity index (χ1) is 7.66. The van der Waals surface area contributed by atoms with Crippen molar-refractivity contribution in [2.45, 2.75) is 13.0 Å². The van der Waals surface area contributed by atoms with Gasteiger partial charge in [-0.2, -0.15) is 11.3 Å². The van der Waals surface area contributed by atoms with Gasteiger partial charge in [0.25, 0.3) is 0 Å². The molecule has 1 unspecified atom stereocenters. The van der Waals surface area contributed by atoms with Gasteiger partial charge in [-0.15, -0.1) is 0 Å². The zero-order chi connectivity index (χ0) is 11.5. The van der Waals surface area contributed by atoms with Crippen LogP contribution in [0.1, 0.15) is 18.5 Å². The average Bonchev–Trinajstić information content (AvgIpc) is 2.75. The second kappa shape index (κ2) is 4.61. The molecule has 0 aliphatic rings. The topological polar surface area (TPSA) is 12.0 Å². The van der Waals surface area contributed by atoms with E-state index < -0.39 is 11.6 Å². The first-order valence-corrected chi connectivity index (χ1v) is 5.85. The molecule has 0 amide bonds. The maximum atomic E-state index is 13.4. The maximum Gasteiger partial charge on any atom is 0.149 e. The summed E-state index contributed by atoms with van der Waals surface area (Å²) in [5, 5.41) is 6.97. The third-order valence-electron chi connectivity index (χ3n) is 2.35. The smallest absolute Gasteiger partial charge is 0.149 e. The fourth-order valence-corrected chi connectivity index (χ4v) is 2.20. The van der Waals surface area contributed by atoms with E-state index in [0.717, 1.165) is 11.6 Å². The van der Waals surface area contributed by atoms with Gasteiger partial charge < -0.3 is 5.32 Å². The highest BCUT2D eigenvalue weighted by Crippen LogP contribution is 2.23. The summed E-state index contributed by atoms with van der Waals surface area (Å²) >= 11 is 1.59. The monoisotopic (exact) mass is 239 g/mol. The van der Waals surface area contributed by atoms with E-state index in [4.69, 9.17) is 0 Å². The van der Waals surface area contributed by atoms with Crippen LogP contribution in [0.4, 0.5) is 14.5 Å². The van der Waals surface area contributed by atoms with Crippen molar-refractivity contribution in [2.75, 3.05) is 5.32 Å². The summed E-state index contributed by atoms with van der Waals surface area (Å²) in [6.07, 6.45) is 0. The second-order valence-corrected chi connectivity index (χ2v) is 4.33. The Morgan fingerprint density at radius 1 is 1.25 bits per heavy atom. The van der Waals surface area contributed by atoms with Crippen LogP contribution in [0.3, 0.4) is 0 Å². The number of anilines is 1. The molecule has 2 rings (SSSR count). The minimum atomic E-state index is -0.568. The number of halogens is 2. The molecule has 1 N–H and O–H groups in total. The van der Waals surface area contributed by atoms with Crippen molar-refractivity contribution in [1.29, 1.82) is 0 Å². The summed E-state index contributed by atoms with van der Waals surface area (Å²) in [5.74, 6) is -1.13. The van der Waals surface area contributed by atoms with E-state index in [1.165, 1.54) is 12.1 Å². The summed E-state index contributed by atoms with van der Waals surface area (Å²) in [5.41, 5.74) is 1.41. The molecule has 1 aromatic heterocycles. The molecule has 0 aliphatic heterocycles. The SMILES string of the molecule is CC(Nc1ccc(F)cc1F)c1ccsc1. The van der Waals surface area contributed by atoms with Gasteiger partial charge in [0.1, 0.15) is 11.6 Å². The third kappa shape index (κ3) is 2.39. The fourth-order valence-electron chi connectivity index (χ4n) is 1.44. The molecular formula is C12H11F2NS. The lowest BCUT2D eigenvalue weighted by atomic mass is 10.1. The van der Waals surface area contributed by atoms with Crippen molar-refractivity contribution in [3.05, 3.63) is 52.2 Å². The van der Waals surface area contributed by atoms with Gasteiger partial charge in [0, 0.05) is 12.1 Å². The number of rotatable bonds is 3. The minimum absolute atomic E-state index is 0.00575. The van der Waals surface area contributed by atoms with Gasteiger partial charge >= 0.3 is 0 Å². The second-order valence-electron chi connectivity index (χ2n) is 3.55. The first kappa shape index (κ1) is 11.1. The van der Waals surface area contributed by atoms with Crippen molar-refractivity contribution in [3.63, 3.8) is 0 Å². The normalized spacial score (nSPS) is 12.4. The summed E-state index contributed by atoms with van der Waals surface area (Å²) in [4.78, 5) is 0. The van der Waals surface area contributed by atoms with Crippen LogP contribution in [-0.4, -0.2) is 0 Å². The van der Waals surface area contributed by atoms with Crippen LogP contribution in [0.15, 0.2) is 35.0 Å². The van der Waals surface area contributed by atoms with Gasteiger partial charge in [-0.3, -0.25) is 0 Å². The summed E-state index contributed by atoms with van der Waals surface area (Å²) in [6.45, 7) is 1.94. The molecule has 1 heterocycles. The average molecular weight is 239 g/mol. The van der Waals surface area contributed by atoms with Crippen molar-refractivity contribution >= 4 is 17.0 Å². The van der Waals surface area contributed by atoms with Gasteiger partial charge in [-0.1, -0.05) is 0 Å². The van der Waals surface area contributed by atoms with Crippen LogP contribution in [0.25, 0.3) is 0 Å². The van der Waals surface area contributed by atoms with Gasteiger partial charge in [0.2, 0.25) is 0 Å². The van der Waals surface area contributed by atoms with Crippen molar-refractivity contribution < 1.29 is 8.78 Å². The lowest BCUT2D eigenvalue weighted by Gasteiger charge is -2.14. The van der Waals surface area contributed by atoms with Gasteiger partial charge in [0.15, 0.2) is 0 Å². The Balaban J connectivity index is 2.15. The lowest BCUT2D eigenvalue weighted by Crippen LogP contribution is -2.07. The van der Waals surface area contributed by atoms with Crippen LogP contribution in [0, 0.1) is 11.6 Å². The fraction of sp³-hybridized carbons (Fsp3) is 0.167. The van der Waals surface area contributed by atoms with E-state index in [-0.39, 0.29) is 6.04 Å². The number of hydrogen-bond donors (Lipinski definition) is 1. The van der Waals surface area contributed by atoms with Crippen LogP contribution < -0.4 is 5.32 Å². The Labute approximate surface area is 96.7 Å². The Morgan fingerprint density at radius 3 is 2.69 bits per heavy atom. The number of benzene rings is 1. The highest BCUT2D eigenvalue weighted by molar-refractivity contribution is 7.07. The zero-order valence-corrected chi connectivity index (χ0v) is 9.52. The Hall–Kier alpha value is -1.42. The van der Waals surface area contributed by atoms with Crippen LogP contribution >= 0.6 is 11.3 Å². The number of nitrogens with one attached hydrogen (secondary N) is 1. The van der Waals surface area contributed by atoms with Crippen LogP contribution in [-0.2, 0) is 0 Å². The zero-order valence-electron chi connectivity index (χ0n) is 8.71. The molecule has 1 atom stereocenters. The highest BCUT2D eigenvalue weighted by Gasteiger charge is 2.09. The predicted octanol–water partition coefficient (Wildman–Crippen LogP) is 4.20. The first-order valence-electron chi connectivity index (χ1n) is 4.90. The molecule has 0 saturated heterocycles. The summed E-state index contributed by atoms with van der Waals surface area (Å²) < 4.78 is 26.0.